The summed E-state index contributed by atoms with van der Waals surface area (Å²) in [5, 5.41) is 27.5. The van der Waals surface area contributed by atoms with Gasteiger partial charge in [0.1, 0.15) is 0 Å². The Balaban J connectivity index is 1.20. The maximum Gasteiger partial charge on any atom is 0.224 e. The molecule has 1 aromatic heterocycles. The van der Waals surface area contributed by atoms with Gasteiger partial charge in [0, 0.05) is 43.3 Å². The van der Waals surface area contributed by atoms with Crippen molar-refractivity contribution in [3.8, 4) is 0 Å². The molecule has 3 aromatic carbocycles. The molecule has 1 saturated heterocycles. The number of thioether (sulfide) groups is 1. The van der Waals surface area contributed by atoms with Gasteiger partial charge in [0.25, 0.3) is 0 Å². The molecule has 13 heteroatoms. The zero-order valence-electron chi connectivity index (χ0n) is 24.3. The molecule has 2 amide bonds. The smallest absolute Gasteiger partial charge is 0.224 e. The fourth-order valence-corrected chi connectivity index (χ4v) is 5.62. The topological polar surface area (TPSA) is 167 Å². The molecule has 4 aromatic rings. The van der Waals surface area contributed by atoms with Gasteiger partial charge in [0.05, 0.1) is 30.2 Å². The third-order valence-corrected chi connectivity index (χ3v) is 8.22. The third-order valence-electron chi connectivity index (χ3n) is 7.08. The predicted molar refractivity (Wildman–Crippen MR) is 166 cm³/mol. The van der Waals surface area contributed by atoms with E-state index in [4.69, 9.17) is 15.2 Å². The number of carbonyl (C=O) groups excluding carboxylic acids is 2. The summed E-state index contributed by atoms with van der Waals surface area (Å²) >= 11 is 1.50. The second-order valence-electron chi connectivity index (χ2n) is 10.4. The van der Waals surface area contributed by atoms with Crippen LogP contribution in [0.2, 0.25) is 0 Å². The molecule has 1 aliphatic heterocycles. The number of aryl methyl sites for hydroxylation is 1. The number of nitrogens with zero attached hydrogens (tertiary/aromatic N) is 4. The molecule has 5 rings (SSSR count). The van der Waals surface area contributed by atoms with E-state index < -0.39 is 6.29 Å². The van der Waals surface area contributed by atoms with E-state index >= 15 is 0 Å². The van der Waals surface area contributed by atoms with Crippen molar-refractivity contribution in [2.45, 2.75) is 55.9 Å². The first-order valence-electron chi connectivity index (χ1n) is 14.3. The minimum absolute atomic E-state index is 0.0307. The highest BCUT2D eigenvalue weighted by Crippen LogP contribution is 2.39. The number of carbonyl (C=O) groups is 2. The molecule has 3 unspecified atom stereocenters. The number of rotatable bonds is 12. The van der Waals surface area contributed by atoms with E-state index in [1.54, 1.807) is 42.1 Å². The number of para-hydroxylation sites is 2. The van der Waals surface area contributed by atoms with Crippen molar-refractivity contribution in [2.75, 3.05) is 22.1 Å². The highest BCUT2D eigenvalue weighted by Gasteiger charge is 2.32. The van der Waals surface area contributed by atoms with Crippen LogP contribution in [0.3, 0.4) is 0 Å². The van der Waals surface area contributed by atoms with E-state index in [0.717, 1.165) is 16.7 Å². The number of hydrogen-bond donors (Lipinski definition) is 4. The van der Waals surface area contributed by atoms with Crippen LogP contribution in [0.1, 0.15) is 54.8 Å². The summed E-state index contributed by atoms with van der Waals surface area (Å²) in [5.41, 5.74) is 10.1. The van der Waals surface area contributed by atoms with Crippen LogP contribution in [0.15, 0.2) is 78.0 Å². The molecule has 2 heterocycles. The van der Waals surface area contributed by atoms with Crippen LogP contribution in [0.4, 0.5) is 17.1 Å². The number of amides is 2. The molecular weight excluding hydrogens is 582 g/mol. The first kappa shape index (κ1) is 31.1. The Morgan fingerprint density at radius 2 is 1.77 bits per heavy atom. The molecular formula is C31H35N7O5S. The number of hydrogen-bond acceptors (Lipinski definition) is 10. The summed E-state index contributed by atoms with van der Waals surface area (Å²) in [5.74, 6) is 0.209. The van der Waals surface area contributed by atoms with Gasteiger partial charge in [-0.2, -0.15) is 0 Å². The van der Waals surface area contributed by atoms with Gasteiger partial charge in [0.15, 0.2) is 6.29 Å². The zero-order valence-corrected chi connectivity index (χ0v) is 25.1. The Morgan fingerprint density at radius 1 is 1.00 bits per heavy atom. The second kappa shape index (κ2) is 14.9. The average molecular weight is 618 g/mol. The molecule has 0 spiro atoms. The lowest BCUT2D eigenvalue weighted by Crippen LogP contribution is -2.31. The van der Waals surface area contributed by atoms with Crippen LogP contribution in [-0.4, -0.2) is 49.0 Å². The Morgan fingerprint density at radius 3 is 2.50 bits per heavy atom. The summed E-state index contributed by atoms with van der Waals surface area (Å²) in [6.07, 6.45) is 0.273. The summed E-state index contributed by atoms with van der Waals surface area (Å²) < 4.78 is 14.4. The normalized spacial score (nSPS) is 18.1. The van der Waals surface area contributed by atoms with Crippen molar-refractivity contribution in [3.05, 3.63) is 89.5 Å². The van der Waals surface area contributed by atoms with Crippen LogP contribution in [-0.2, 0) is 32.7 Å². The molecule has 0 bridgehead atoms. The lowest BCUT2D eigenvalue weighted by molar-refractivity contribution is -0.245. The van der Waals surface area contributed by atoms with Crippen LogP contribution in [0.25, 0.3) is 0 Å². The molecule has 44 heavy (non-hydrogen) atoms. The predicted octanol–water partition coefficient (Wildman–Crippen LogP) is 4.37. The highest BCUT2D eigenvalue weighted by molar-refractivity contribution is 7.99. The molecule has 0 saturated carbocycles. The van der Waals surface area contributed by atoms with Crippen molar-refractivity contribution >= 4 is 40.6 Å². The zero-order chi connectivity index (χ0) is 30.9. The summed E-state index contributed by atoms with van der Waals surface area (Å²) in [7, 11) is 1.79. The Kier molecular flexibility index (Phi) is 10.6. The maximum atomic E-state index is 12.7. The van der Waals surface area contributed by atoms with Crippen molar-refractivity contribution < 1.29 is 24.2 Å². The van der Waals surface area contributed by atoms with Crippen molar-refractivity contribution in [2.24, 2.45) is 7.05 Å². The van der Waals surface area contributed by atoms with E-state index in [1.807, 2.05) is 42.5 Å². The number of aromatic nitrogens is 4. The van der Waals surface area contributed by atoms with Crippen molar-refractivity contribution in [3.63, 3.8) is 0 Å². The summed E-state index contributed by atoms with van der Waals surface area (Å²) in [6.45, 7) is -0.0307. The van der Waals surface area contributed by atoms with E-state index in [1.165, 1.54) is 11.8 Å². The van der Waals surface area contributed by atoms with E-state index in [2.05, 4.69) is 26.2 Å². The fourth-order valence-electron chi connectivity index (χ4n) is 4.75. The molecule has 12 nitrogen and oxygen atoms in total. The lowest BCUT2D eigenvalue weighted by Gasteiger charge is -2.36. The van der Waals surface area contributed by atoms with Gasteiger partial charge in [-0.1, -0.05) is 60.3 Å². The number of aliphatic hydroxyl groups is 1. The number of benzene rings is 3. The minimum atomic E-state index is -0.680. The molecule has 5 N–H and O–H groups in total. The molecule has 0 aliphatic carbocycles. The maximum absolute atomic E-state index is 12.7. The van der Waals surface area contributed by atoms with Gasteiger partial charge in [-0.15, -0.1) is 5.10 Å². The Hall–Kier alpha value is -4.30. The van der Waals surface area contributed by atoms with Gasteiger partial charge >= 0.3 is 0 Å². The SMILES string of the molecule is Cn1nnnc1SCC1CC(c2ccc(CO)cc2)OC(c2cccc(NC(=O)CCCC(=O)Nc3ccccc3N)c2)O1. The van der Waals surface area contributed by atoms with E-state index in [-0.39, 0.29) is 43.5 Å². The largest absolute Gasteiger partial charge is 0.397 e. The highest BCUT2D eigenvalue weighted by atomic mass is 32.2. The number of aliphatic hydroxyl groups excluding tert-OH is 1. The number of nitrogen functional groups attached to an aromatic ring is 1. The van der Waals surface area contributed by atoms with E-state index in [9.17, 15) is 14.7 Å². The molecule has 0 radical (unpaired) electrons. The minimum Gasteiger partial charge on any atom is -0.397 e. The number of ether oxygens (including phenoxy) is 2. The molecule has 1 fully saturated rings. The Bertz CT molecular complexity index is 1570. The first-order chi connectivity index (χ1) is 21.4. The Labute approximate surface area is 259 Å². The third kappa shape index (κ3) is 8.41. The first-order valence-corrected chi connectivity index (χ1v) is 15.3. The number of anilines is 3. The number of nitrogens with two attached hydrogens (primary N) is 1. The molecule has 230 valence electrons. The fraction of sp³-hybridized carbons (Fsp3) is 0.323. The summed E-state index contributed by atoms with van der Waals surface area (Å²) in [6, 6.07) is 22.1. The standard InChI is InChI=1S/C31H35N7O5S/c1-38-31(35-36-37-38)44-19-24-17-27(21-14-12-20(18-39)13-15-21)43-30(42-24)22-6-4-7-23(16-22)33-28(40)10-5-11-29(41)34-26-9-3-2-8-25(26)32/h2-4,6-9,12-16,24,27,30,39H,5,10-11,17-19,32H2,1H3,(H,33,40)(H,34,41). The quantitative estimate of drug-likeness (QED) is 0.132. The summed E-state index contributed by atoms with van der Waals surface area (Å²) in [4.78, 5) is 25.0. The van der Waals surface area contributed by atoms with Gasteiger partial charge in [-0.05, 0) is 52.2 Å². The van der Waals surface area contributed by atoms with E-state index in [0.29, 0.717) is 40.8 Å². The van der Waals surface area contributed by atoms with Gasteiger partial charge in [-0.25, -0.2) is 4.68 Å². The van der Waals surface area contributed by atoms with Crippen molar-refractivity contribution in [1.82, 2.24) is 20.2 Å². The monoisotopic (exact) mass is 617 g/mol. The average Bonchev–Trinajstić information content (AvgIpc) is 3.45. The lowest BCUT2D eigenvalue weighted by atomic mass is 10.0. The van der Waals surface area contributed by atoms with Gasteiger partial charge in [0.2, 0.25) is 17.0 Å². The molecule has 1 aliphatic rings. The molecule has 3 atom stereocenters. The number of tetrazole rings is 1. The van der Waals surface area contributed by atoms with Gasteiger partial charge in [-0.3, -0.25) is 9.59 Å². The van der Waals surface area contributed by atoms with Gasteiger partial charge < -0.3 is 30.9 Å². The number of nitrogens with one attached hydrogen (secondary N) is 2. The van der Waals surface area contributed by atoms with Crippen LogP contribution < -0.4 is 16.4 Å². The van der Waals surface area contributed by atoms with Crippen LogP contribution in [0, 0.1) is 0 Å². The van der Waals surface area contributed by atoms with Crippen molar-refractivity contribution in [1.29, 1.82) is 0 Å². The second-order valence-corrected chi connectivity index (χ2v) is 11.4. The van der Waals surface area contributed by atoms with Crippen LogP contribution in [0.5, 0.6) is 0 Å². The van der Waals surface area contributed by atoms with Crippen LogP contribution >= 0.6 is 11.8 Å².